The Labute approximate surface area is 128 Å². The molecule has 0 saturated carbocycles. The molecule has 2 aromatic rings. The van der Waals surface area contributed by atoms with Crippen molar-refractivity contribution < 1.29 is 4.79 Å². The lowest BCUT2D eigenvalue weighted by Gasteiger charge is -2.08. The molecule has 0 radical (unpaired) electrons. The molecule has 1 N–H and O–H groups in total. The van der Waals surface area contributed by atoms with Gasteiger partial charge in [0, 0.05) is 18.3 Å². The van der Waals surface area contributed by atoms with Gasteiger partial charge in [-0.1, -0.05) is 64.8 Å². The summed E-state index contributed by atoms with van der Waals surface area (Å²) in [5.74, 6) is 0.146. The van der Waals surface area contributed by atoms with E-state index in [1.807, 2.05) is 18.2 Å². The maximum atomic E-state index is 11.8. The number of halogens is 1. The van der Waals surface area contributed by atoms with Gasteiger partial charge in [0.15, 0.2) is 0 Å². The minimum Gasteiger partial charge on any atom is -0.352 e. The van der Waals surface area contributed by atoms with Gasteiger partial charge >= 0.3 is 0 Å². The molecule has 0 bridgehead atoms. The first-order valence-corrected chi connectivity index (χ1v) is 8.22. The zero-order valence-electron chi connectivity index (χ0n) is 11.6. The number of benzene rings is 2. The van der Waals surface area contributed by atoms with Crippen molar-refractivity contribution in [1.82, 2.24) is 5.32 Å². The lowest BCUT2D eigenvalue weighted by atomic mass is 10.0. The molecule has 0 spiro atoms. The molecule has 0 aliphatic carbocycles. The summed E-state index contributed by atoms with van der Waals surface area (Å²) in [6.07, 6.45) is 3.83. The van der Waals surface area contributed by atoms with Crippen LogP contribution >= 0.6 is 15.9 Å². The van der Waals surface area contributed by atoms with Crippen LogP contribution in [0.3, 0.4) is 0 Å². The van der Waals surface area contributed by atoms with Gasteiger partial charge in [0.2, 0.25) is 5.91 Å². The first kappa shape index (κ1) is 15.0. The van der Waals surface area contributed by atoms with Crippen molar-refractivity contribution in [3.05, 3.63) is 48.0 Å². The molecule has 0 aliphatic heterocycles. The van der Waals surface area contributed by atoms with E-state index in [-0.39, 0.29) is 5.91 Å². The molecule has 2 nitrogen and oxygen atoms in total. The quantitative estimate of drug-likeness (QED) is 0.590. The van der Waals surface area contributed by atoms with Crippen LogP contribution in [0, 0.1) is 0 Å². The van der Waals surface area contributed by atoms with Crippen LogP contribution in [0.15, 0.2) is 42.5 Å². The highest BCUT2D eigenvalue weighted by atomic mass is 79.9. The number of fused-ring (bicyclic) bond motifs is 1. The van der Waals surface area contributed by atoms with Crippen molar-refractivity contribution in [2.24, 2.45) is 0 Å². The predicted octanol–water partition coefficient (Wildman–Crippen LogP) is 4.41. The Kier molecular flexibility index (Phi) is 6.06. The molecule has 106 valence electrons. The van der Waals surface area contributed by atoms with E-state index >= 15 is 0 Å². The van der Waals surface area contributed by atoms with Crippen LogP contribution in [-0.2, 0) is 11.3 Å². The maximum Gasteiger partial charge on any atom is 0.220 e. The van der Waals surface area contributed by atoms with E-state index < -0.39 is 0 Å². The zero-order chi connectivity index (χ0) is 14.2. The van der Waals surface area contributed by atoms with Crippen molar-refractivity contribution in [2.45, 2.75) is 32.2 Å². The summed E-state index contributed by atoms with van der Waals surface area (Å²) in [6, 6.07) is 14.5. The Morgan fingerprint density at radius 3 is 2.65 bits per heavy atom. The van der Waals surface area contributed by atoms with Gasteiger partial charge in [-0.25, -0.2) is 0 Å². The van der Waals surface area contributed by atoms with E-state index in [1.165, 1.54) is 16.3 Å². The summed E-state index contributed by atoms with van der Waals surface area (Å²) < 4.78 is 0. The zero-order valence-corrected chi connectivity index (χ0v) is 13.2. The molecule has 0 saturated heterocycles. The Balaban J connectivity index is 1.88. The summed E-state index contributed by atoms with van der Waals surface area (Å²) >= 11 is 3.40. The average molecular weight is 334 g/mol. The molecule has 20 heavy (non-hydrogen) atoms. The minimum absolute atomic E-state index is 0.146. The van der Waals surface area contributed by atoms with E-state index in [9.17, 15) is 4.79 Å². The number of unbranched alkanes of at least 4 members (excludes halogenated alkanes) is 2. The molecule has 0 aliphatic rings. The summed E-state index contributed by atoms with van der Waals surface area (Å²) in [7, 11) is 0. The Morgan fingerprint density at radius 2 is 1.80 bits per heavy atom. The second-order valence-corrected chi connectivity index (χ2v) is 5.71. The van der Waals surface area contributed by atoms with Crippen molar-refractivity contribution >= 4 is 32.6 Å². The molecule has 2 rings (SSSR count). The summed E-state index contributed by atoms with van der Waals surface area (Å²) in [5.41, 5.74) is 1.18. The monoisotopic (exact) mass is 333 g/mol. The highest BCUT2D eigenvalue weighted by molar-refractivity contribution is 9.09. The third-order valence-electron chi connectivity index (χ3n) is 3.39. The minimum atomic E-state index is 0.146. The second-order valence-electron chi connectivity index (χ2n) is 4.91. The van der Waals surface area contributed by atoms with E-state index in [4.69, 9.17) is 0 Å². The highest BCUT2D eigenvalue weighted by Crippen LogP contribution is 2.18. The predicted molar refractivity (Wildman–Crippen MR) is 88.1 cm³/mol. The summed E-state index contributed by atoms with van der Waals surface area (Å²) in [4.78, 5) is 11.8. The van der Waals surface area contributed by atoms with Gasteiger partial charge in [-0.3, -0.25) is 4.79 Å². The van der Waals surface area contributed by atoms with Crippen molar-refractivity contribution in [3.8, 4) is 0 Å². The van der Waals surface area contributed by atoms with Crippen molar-refractivity contribution in [1.29, 1.82) is 0 Å². The number of amides is 1. The van der Waals surface area contributed by atoms with E-state index in [0.29, 0.717) is 13.0 Å². The van der Waals surface area contributed by atoms with Crippen LogP contribution in [0.1, 0.15) is 31.2 Å². The van der Waals surface area contributed by atoms with Gasteiger partial charge in [-0.2, -0.15) is 0 Å². The molecular formula is C17H20BrNO. The van der Waals surface area contributed by atoms with E-state index in [1.54, 1.807) is 0 Å². The third kappa shape index (κ3) is 4.34. The smallest absolute Gasteiger partial charge is 0.220 e. The number of carbonyl (C=O) groups is 1. The number of alkyl halides is 1. The van der Waals surface area contributed by atoms with E-state index in [2.05, 4.69) is 45.5 Å². The normalized spacial score (nSPS) is 10.7. The number of hydrogen-bond donors (Lipinski definition) is 1. The second kappa shape index (κ2) is 8.05. The van der Waals surface area contributed by atoms with E-state index in [0.717, 1.165) is 24.6 Å². The lowest BCUT2D eigenvalue weighted by molar-refractivity contribution is -0.121. The van der Waals surface area contributed by atoms with Gasteiger partial charge in [0.05, 0.1) is 0 Å². The van der Waals surface area contributed by atoms with Crippen LogP contribution in [0.25, 0.3) is 10.8 Å². The highest BCUT2D eigenvalue weighted by Gasteiger charge is 2.03. The summed E-state index contributed by atoms with van der Waals surface area (Å²) in [6.45, 7) is 0.610. The van der Waals surface area contributed by atoms with Crippen LogP contribution < -0.4 is 5.32 Å². The van der Waals surface area contributed by atoms with Gasteiger partial charge in [-0.05, 0) is 29.2 Å². The fourth-order valence-corrected chi connectivity index (χ4v) is 2.68. The van der Waals surface area contributed by atoms with Crippen LogP contribution in [0.4, 0.5) is 0 Å². The molecular weight excluding hydrogens is 314 g/mol. The fraction of sp³-hybridized carbons (Fsp3) is 0.353. The fourth-order valence-electron chi connectivity index (χ4n) is 2.29. The first-order chi connectivity index (χ1) is 9.81. The Morgan fingerprint density at radius 1 is 1.00 bits per heavy atom. The maximum absolute atomic E-state index is 11.8. The van der Waals surface area contributed by atoms with Gasteiger partial charge in [-0.15, -0.1) is 0 Å². The number of nitrogens with one attached hydrogen (secondary N) is 1. The van der Waals surface area contributed by atoms with Crippen LogP contribution in [0.2, 0.25) is 0 Å². The van der Waals surface area contributed by atoms with Crippen molar-refractivity contribution in [3.63, 3.8) is 0 Å². The Bertz CT molecular complexity index is 562. The van der Waals surface area contributed by atoms with Crippen LogP contribution in [0.5, 0.6) is 0 Å². The molecule has 0 heterocycles. The lowest BCUT2D eigenvalue weighted by Crippen LogP contribution is -2.22. The standard InChI is InChI=1S/C17H20BrNO/c18-12-5-1-2-11-17(20)19-13-15-9-6-8-14-7-3-4-10-16(14)15/h3-4,6-10H,1-2,5,11-13H2,(H,19,20). The molecule has 3 heteroatoms. The first-order valence-electron chi connectivity index (χ1n) is 7.10. The molecule has 2 aromatic carbocycles. The molecule has 0 fully saturated rings. The Hall–Kier alpha value is -1.35. The largest absolute Gasteiger partial charge is 0.352 e. The molecule has 0 aromatic heterocycles. The molecule has 1 amide bonds. The third-order valence-corrected chi connectivity index (χ3v) is 3.95. The molecule has 0 unspecified atom stereocenters. The van der Waals surface area contributed by atoms with Crippen molar-refractivity contribution in [2.75, 3.05) is 5.33 Å². The molecule has 0 atom stereocenters. The van der Waals surface area contributed by atoms with Crippen LogP contribution in [-0.4, -0.2) is 11.2 Å². The number of hydrogen-bond acceptors (Lipinski definition) is 1. The number of carbonyl (C=O) groups excluding carboxylic acids is 1. The van der Waals surface area contributed by atoms with Gasteiger partial charge < -0.3 is 5.32 Å². The topological polar surface area (TPSA) is 29.1 Å². The SMILES string of the molecule is O=C(CCCCCBr)NCc1cccc2ccccc12. The average Bonchev–Trinajstić information content (AvgIpc) is 2.49. The van der Waals surface area contributed by atoms with Gasteiger partial charge in [0.1, 0.15) is 0 Å². The number of rotatable bonds is 7. The summed E-state index contributed by atoms with van der Waals surface area (Å²) in [5, 5.41) is 6.47. The van der Waals surface area contributed by atoms with Gasteiger partial charge in [0.25, 0.3) is 0 Å².